The van der Waals surface area contributed by atoms with Gasteiger partial charge in [-0.1, -0.05) is 33.8 Å². The standard InChI is InChI=1S/C10H14N2O3.C8H12N2O3/c1-4-5-10(6(2)3)7(13)11-9(15)12-8(10)14;1-3-8(4-2)5(11)9-7(13)10-6(8)12/h4,6H,1,5H2,2-3H3,(H2,11,12,13,14,15);3-4H2,1-2H3,(H2,9,10,11,12,13). The molecule has 2 heterocycles. The fourth-order valence-electron chi connectivity index (χ4n) is 3.21. The molecule has 2 saturated heterocycles. The molecule has 28 heavy (non-hydrogen) atoms. The lowest BCUT2D eigenvalue weighted by Gasteiger charge is -2.36. The zero-order valence-electron chi connectivity index (χ0n) is 16.4. The minimum atomic E-state index is -1.21. The summed E-state index contributed by atoms with van der Waals surface area (Å²) in [5.74, 6) is -2.29. The first-order chi connectivity index (χ1) is 13.0. The maximum atomic E-state index is 11.7. The maximum Gasteiger partial charge on any atom is 0.328 e. The van der Waals surface area contributed by atoms with E-state index in [0.29, 0.717) is 12.8 Å². The van der Waals surface area contributed by atoms with Crippen molar-refractivity contribution in [3.63, 3.8) is 0 Å². The van der Waals surface area contributed by atoms with Crippen LogP contribution in [0.4, 0.5) is 9.59 Å². The Morgan fingerprint density at radius 2 is 1.14 bits per heavy atom. The van der Waals surface area contributed by atoms with E-state index in [1.807, 2.05) is 0 Å². The van der Waals surface area contributed by atoms with E-state index < -0.39 is 46.5 Å². The number of hydrogen-bond donors (Lipinski definition) is 4. The van der Waals surface area contributed by atoms with Crippen LogP contribution < -0.4 is 21.3 Å². The predicted molar refractivity (Wildman–Crippen MR) is 98.5 cm³/mol. The fourth-order valence-corrected chi connectivity index (χ4v) is 3.21. The van der Waals surface area contributed by atoms with E-state index in [-0.39, 0.29) is 12.3 Å². The number of hydrogen-bond acceptors (Lipinski definition) is 6. The molecule has 0 aromatic rings. The second-order valence-electron chi connectivity index (χ2n) is 6.88. The van der Waals surface area contributed by atoms with Gasteiger partial charge in [0.1, 0.15) is 10.8 Å². The molecule has 2 fully saturated rings. The largest absolute Gasteiger partial charge is 0.328 e. The Balaban J connectivity index is 0.000000283. The third-order valence-electron chi connectivity index (χ3n) is 5.25. The van der Waals surface area contributed by atoms with Gasteiger partial charge in [-0.15, -0.1) is 6.58 Å². The van der Waals surface area contributed by atoms with Crippen LogP contribution in [0, 0.1) is 16.7 Å². The van der Waals surface area contributed by atoms with Crippen molar-refractivity contribution in [2.75, 3.05) is 0 Å². The molecule has 4 N–H and O–H groups in total. The highest BCUT2D eigenvalue weighted by Gasteiger charge is 2.51. The van der Waals surface area contributed by atoms with E-state index in [1.54, 1.807) is 27.7 Å². The van der Waals surface area contributed by atoms with Crippen molar-refractivity contribution in [1.29, 1.82) is 0 Å². The molecule has 10 nitrogen and oxygen atoms in total. The second kappa shape index (κ2) is 8.77. The first kappa shape index (κ1) is 23.0. The number of allylic oxidation sites excluding steroid dienone is 1. The van der Waals surface area contributed by atoms with Gasteiger partial charge in [0, 0.05) is 0 Å². The molecule has 0 aromatic carbocycles. The van der Waals surface area contributed by atoms with Gasteiger partial charge >= 0.3 is 12.1 Å². The van der Waals surface area contributed by atoms with Crippen LogP contribution in [0.25, 0.3) is 0 Å². The SMILES string of the molecule is C=CCC1(C(C)C)C(=O)NC(=O)NC1=O.CCC1(CC)C(=O)NC(=O)NC1=O. The van der Waals surface area contributed by atoms with Gasteiger partial charge in [0.2, 0.25) is 23.6 Å². The first-order valence-electron chi connectivity index (χ1n) is 8.96. The molecule has 0 saturated carbocycles. The number of urea groups is 2. The topological polar surface area (TPSA) is 151 Å². The Hall–Kier alpha value is -3.04. The van der Waals surface area contributed by atoms with Crippen LogP contribution in [0.5, 0.6) is 0 Å². The van der Waals surface area contributed by atoms with Gasteiger partial charge < -0.3 is 0 Å². The Morgan fingerprint density at radius 3 is 1.43 bits per heavy atom. The van der Waals surface area contributed by atoms with Gasteiger partial charge in [-0.2, -0.15) is 0 Å². The molecule has 154 valence electrons. The number of amides is 8. The minimum Gasteiger partial charge on any atom is -0.277 e. The Kier molecular flexibility index (Phi) is 7.20. The molecule has 0 atom stereocenters. The molecule has 2 aliphatic heterocycles. The lowest BCUT2D eigenvalue weighted by Crippen LogP contribution is -2.64. The first-order valence-corrected chi connectivity index (χ1v) is 8.96. The molecule has 0 aromatic heterocycles. The van der Waals surface area contributed by atoms with Crippen molar-refractivity contribution < 1.29 is 28.8 Å². The number of carbonyl (C=O) groups excluding carboxylic acids is 6. The average molecular weight is 394 g/mol. The highest BCUT2D eigenvalue weighted by molar-refractivity contribution is 6.20. The van der Waals surface area contributed by atoms with Gasteiger partial charge in [-0.25, -0.2) is 9.59 Å². The molecule has 2 rings (SSSR count). The van der Waals surface area contributed by atoms with Gasteiger partial charge in [0.15, 0.2) is 0 Å². The molecule has 0 unspecified atom stereocenters. The Morgan fingerprint density at radius 1 is 0.786 bits per heavy atom. The van der Waals surface area contributed by atoms with Crippen LogP contribution in [0.3, 0.4) is 0 Å². The van der Waals surface area contributed by atoms with Crippen LogP contribution in [0.1, 0.15) is 47.0 Å². The third kappa shape index (κ3) is 3.95. The highest BCUT2D eigenvalue weighted by atomic mass is 16.2. The van der Waals surface area contributed by atoms with Crippen LogP contribution in [0.15, 0.2) is 12.7 Å². The van der Waals surface area contributed by atoms with E-state index in [4.69, 9.17) is 0 Å². The van der Waals surface area contributed by atoms with Gasteiger partial charge in [0.25, 0.3) is 0 Å². The number of carbonyl (C=O) groups is 6. The van der Waals surface area contributed by atoms with E-state index >= 15 is 0 Å². The normalized spacial score (nSPS) is 20.3. The average Bonchev–Trinajstić information content (AvgIpc) is 2.59. The zero-order chi connectivity index (χ0) is 21.7. The molecule has 0 spiro atoms. The minimum absolute atomic E-state index is 0.205. The number of imide groups is 4. The lowest BCUT2D eigenvalue weighted by molar-refractivity contribution is -0.148. The van der Waals surface area contributed by atoms with Gasteiger partial charge in [-0.05, 0) is 25.2 Å². The summed E-state index contributed by atoms with van der Waals surface area (Å²) in [6.45, 7) is 10.5. The summed E-state index contributed by atoms with van der Waals surface area (Å²) in [6, 6.07) is -1.49. The van der Waals surface area contributed by atoms with Crippen LogP contribution >= 0.6 is 0 Å². The molecule has 0 aliphatic carbocycles. The molecule has 10 heteroatoms. The van der Waals surface area contributed by atoms with E-state index in [2.05, 4.69) is 27.8 Å². The zero-order valence-corrected chi connectivity index (χ0v) is 16.4. The molecular weight excluding hydrogens is 368 g/mol. The predicted octanol–water partition coefficient (Wildman–Crippen LogP) is 0.730. The summed E-state index contributed by atoms with van der Waals surface area (Å²) < 4.78 is 0. The summed E-state index contributed by atoms with van der Waals surface area (Å²) in [6.07, 6.45) is 2.52. The third-order valence-corrected chi connectivity index (χ3v) is 5.25. The summed E-state index contributed by atoms with van der Waals surface area (Å²) in [5, 5.41) is 8.40. The van der Waals surface area contributed by atoms with Crippen molar-refractivity contribution >= 4 is 35.7 Å². The summed E-state index contributed by atoms with van der Waals surface area (Å²) in [7, 11) is 0. The second-order valence-corrected chi connectivity index (χ2v) is 6.88. The quantitative estimate of drug-likeness (QED) is 0.399. The van der Waals surface area contributed by atoms with Gasteiger partial charge in [0.05, 0.1) is 0 Å². The summed E-state index contributed by atoms with van der Waals surface area (Å²) in [4.78, 5) is 67.9. The number of barbiturate groups is 2. The van der Waals surface area contributed by atoms with E-state index in [0.717, 1.165) is 0 Å². The molecule has 2 aliphatic rings. The molecular formula is C18H26N4O6. The lowest BCUT2D eigenvalue weighted by atomic mass is 9.72. The molecule has 8 amide bonds. The highest BCUT2D eigenvalue weighted by Crippen LogP contribution is 2.34. The monoisotopic (exact) mass is 394 g/mol. The Labute approximate surface area is 162 Å². The van der Waals surface area contributed by atoms with Crippen LogP contribution in [0.2, 0.25) is 0 Å². The maximum absolute atomic E-state index is 11.7. The fraction of sp³-hybridized carbons (Fsp3) is 0.556. The van der Waals surface area contributed by atoms with Crippen molar-refractivity contribution in [3.8, 4) is 0 Å². The van der Waals surface area contributed by atoms with Crippen LogP contribution in [-0.4, -0.2) is 35.7 Å². The van der Waals surface area contributed by atoms with Crippen molar-refractivity contribution in [2.45, 2.75) is 47.0 Å². The van der Waals surface area contributed by atoms with Gasteiger partial charge in [-0.3, -0.25) is 40.4 Å². The van der Waals surface area contributed by atoms with Crippen molar-refractivity contribution in [3.05, 3.63) is 12.7 Å². The Bertz CT molecular complexity index is 682. The smallest absolute Gasteiger partial charge is 0.277 e. The number of rotatable bonds is 5. The molecule has 0 bridgehead atoms. The summed E-state index contributed by atoms with van der Waals surface area (Å²) in [5.41, 5.74) is -2.27. The van der Waals surface area contributed by atoms with Crippen molar-refractivity contribution in [2.24, 2.45) is 16.7 Å². The molecule has 0 radical (unpaired) electrons. The van der Waals surface area contributed by atoms with E-state index in [1.165, 1.54) is 6.08 Å². The number of nitrogens with one attached hydrogen (secondary N) is 4. The van der Waals surface area contributed by atoms with Crippen molar-refractivity contribution in [1.82, 2.24) is 21.3 Å². The van der Waals surface area contributed by atoms with E-state index in [9.17, 15) is 28.8 Å². The van der Waals surface area contributed by atoms with Crippen LogP contribution in [-0.2, 0) is 19.2 Å². The summed E-state index contributed by atoms with van der Waals surface area (Å²) >= 11 is 0.